The number of nitrogens with one attached hydrogen (secondary N) is 1. The lowest BCUT2D eigenvalue weighted by Gasteiger charge is -2.18. The number of rotatable bonds is 4. The molecular weight excluding hydrogens is 377 g/mol. The first kappa shape index (κ1) is 18.2. The lowest BCUT2D eigenvalue weighted by atomic mass is 10.1. The summed E-state index contributed by atoms with van der Waals surface area (Å²) in [5, 5.41) is 3.31. The molecule has 3 amide bonds. The highest BCUT2D eigenvalue weighted by Gasteiger charge is 2.35. The Morgan fingerprint density at radius 2 is 1.85 bits per heavy atom. The van der Waals surface area contributed by atoms with Crippen LogP contribution < -0.4 is 16.0 Å². The van der Waals surface area contributed by atoms with Gasteiger partial charge in [-0.3, -0.25) is 14.4 Å². The van der Waals surface area contributed by atoms with Crippen LogP contribution in [0.15, 0.2) is 42.5 Å². The van der Waals surface area contributed by atoms with Crippen molar-refractivity contribution in [1.29, 1.82) is 0 Å². The van der Waals surface area contributed by atoms with Gasteiger partial charge < -0.3 is 16.0 Å². The molecule has 8 heteroatoms. The first-order valence-electron chi connectivity index (χ1n) is 7.82. The number of nitrogens with zero attached hydrogens (tertiary/aromatic N) is 1. The topological polar surface area (TPSA) is 92.5 Å². The van der Waals surface area contributed by atoms with Crippen LogP contribution in [0.25, 0.3) is 0 Å². The molecule has 1 aliphatic heterocycles. The fourth-order valence-electron chi connectivity index (χ4n) is 2.82. The quantitative estimate of drug-likeness (QED) is 0.838. The van der Waals surface area contributed by atoms with E-state index in [1.54, 1.807) is 24.3 Å². The van der Waals surface area contributed by atoms with Crippen LogP contribution in [0.3, 0.4) is 0 Å². The van der Waals surface area contributed by atoms with Gasteiger partial charge in [-0.05, 0) is 30.3 Å². The highest BCUT2D eigenvalue weighted by molar-refractivity contribution is 6.34. The van der Waals surface area contributed by atoms with Gasteiger partial charge in [0, 0.05) is 18.7 Å². The van der Waals surface area contributed by atoms with Crippen molar-refractivity contribution < 1.29 is 14.4 Å². The molecule has 1 fully saturated rings. The molecule has 1 heterocycles. The number of anilines is 2. The van der Waals surface area contributed by atoms with Crippen LogP contribution in [0.2, 0.25) is 10.0 Å². The Balaban J connectivity index is 1.72. The monoisotopic (exact) mass is 391 g/mol. The van der Waals surface area contributed by atoms with Crippen molar-refractivity contribution >= 4 is 52.3 Å². The van der Waals surface area contributed by atoms with E-state index in [-0.39, 0.29) is 35.4 Å². The van der Waals surface area contributed by atoms with E-state index in [2.05, 4.69) is 5.32 Å². The van der Waals surface area contributed by atoms with Crippen LogP contribution >= 0.6 is 23.2 Å². The Labute approximate surface area is 159 Å². The Morgan fingerprint density at radius 1 is 1.12 bits per heavy atom. The van der Waals surface area contributed by atoms with Gasteiger partial charge in [0.05, 0.1) is 27.2 Å². The Kier molecular flexibility index (Phi) is 5.15. The summed E-state index contributed by atoms with van der Waals surface area (Å²) >= 11 is 12.1. The zero-order valence-electron chi connectivity index (χ0n) is 13.5. The molecule has 0 spiro atoms. The lowest BCUT2D eigenvalue weighted by molar-refractivity contribution is -0.122. The second-order valence-corrected chi connectivity index (χ2v) is 6.72. The van der Waals surface area contributed by atoms with Gasteiger partial charge in [-0.25, -0.2) is 0 Å². The van der Waals surface area contributed by atoms with Gasteiger partial charge in [0.25, 0.3) is 0 Å². The fraction of sp³-hybridized carbons (Fsp3) is 0.167. The van der Waals surface area contributed by atoms with Crippen LogP contribution in [0.4, 0.5) is 11.4 Å². The third-order valence-corrected chi connectivity index (χ3v) is 4.77. The first-order chi connectivity index (χ1) is 12.4. The molecule has 1 unspecified atom stereocenters. The summed E-state index contributed by atoms with van der Waals surface area (Å²) in [6.07, 6.45) is 0.0875. The summed E-state index contributed by atoms with van der Waals surface area (Å²) in [5.41, 5.74) is 6.38. The number of nitrogens with two attached hydrogens (primary N) is 1. The number of benzene rings is 2. The summed E-state index contributed by atoms with van der Waals surface area (Å²) in [5.74, 6) is -1.64. The van der Waals surface area contributed by atoms with Crippen molar-refractivity contribution in [2.24, 2.45) is 11.7 Å². The summed E-state index contributed by atoms with van der Waals surface area (Å²) in [6, 6.07) is 11.4. The third-order valence-electron chi connectivity index (χ3n) is 4.14. The van der Waals surface area contributed by atoms with E-state index < -0.39 is 11.8 Å². The largest absolute Gasteiger partial charge is 0.366 e. The van der Waals surface area contributed by atoms with Crippen LogP contribution in [0.5, 0.6) is 0 Å². The molecule has 134 valence electrons. The van der Waals surface area contributed by atoms with Gasteiger partial charge in [0.15, 0.2) is 0 Å². The molecule has 2 aromatic rings. The van der Waals surface area contributed by atoms with E-state index >= 15 is 0 Å². The molecule has 1 atom stereocenters. The van der Waals surface area contributed by atoms with Gasteiger partial charge in [-0.15, -0.1) is 0 Å². The standard InChI is InChI=1S/C18H15Cl2N3O3/c19-13-3-1-2-4-15(13)23-9-10(7-16(23)24)18(26)22-11-5-6-12(17(21)25)14(20)8-11/h1-6,8,10H,7,9H2,(H2,21,25)(H,22,26). The van der Waals surface area contributed by atoms with Gasteiger partial charge in [0.2, 0.25) is 17.7 Å². The predicted octanol–water partition coefficient (Wildman–Crippen LogP) is 3.08. The molecule has 2 aromatic carbocycles. The summed E-state index contributed by atoms with van der Waals surface area (Å²) < 4.78 is 0. The van der Waals surface area contributed by atoms with Gasteiger partial charge in [0.1, 0.15) is 0 Å². The minimum absolute atomic E-state index is 0.0875. The molecule has 0 bridgehead atoms. The number of hydrogen-bond acceptors (Lipinski definition) is 3. The Bertz CT molecular complexity index is 901. The summed E-state index contributed by atoms with van der Waals surface area (Å²) in [6.45, 7) is 0.238. The van der Waals surface area contributed by atoms with E-state index in [1.165, 1.54) is 23.1 Å². The van der Waals surface area contributed by atoms with Crippen molar-refractivity contribution in [3.63, 3.8) is 0 Å². The van der Waals surface area contributed by atoms with Gasteiger partial charge in [-0.2, -0.15) is 0 Å². The third kappa shape index (κ3) is 3.66. The molecule has 1 aliphatic rings. The number of primary amides is 1. The van der Waals surface area contributed by atoms with Crippen molar-refractivity contribution in [3.8, 4) is 0 Å². The summed E-state index contributed by atoms with van der Waals surface area (Å²) in [4.78, 5) is 37.5. The number of para-hydroxylation sites is 1. The zero-order chi connectivity index (χ0) is 18.8. The minimum Gasteiger partial charge on any atom is -0.366 e. The van der Waals surface area contributed by atoms with Gasteiger partial charge >= 0.3 is 0 Å². The Morgan fingerprint density at radius 3 is 2.50 bits per heavy atom. The second kappa shape index (κ2) is 7.35. The smallest absolute Gasteiger partial charge is 0.250 e. The maximum atomic E-state index is 12.5. The van der Waals surface area contributed by atoms with Crippen LogP contribution in [-0.4, -0.2) is 24.3 Å². The highest BCUT2D eigenvalue weighted by Crippen LogP contribution is 2.31. The van der Waals surface area contributed by atoms with Crippen LogP contribution in [-0.2, 0) is 9.59 Å². The van der Waals surface area contributed by atoms with E-state index in [1.807, 2.05) is 0 Å². The molecule has 6 nitrogen and oxygen atoms in total. The molecule has 3 rings (SSSR count). The maximum absolute atomic E-state index is 12.5. The molecule has 0 aliphatic carbocycles. The molecule has 0 saturated carbocycles. The van der Waals surface area contributed by atoms with Crippen molar-refractivity contribution in [2.75, 3.05) is 16.8 Å². The van der Waals surface area contributed by atoms with Crippen LogP contribution in [0, 0.1) is 5.92 Å². The normalized spacial score (nSPS) is 16.6. The molecule has 1 saturated heterocycles. The number of halogens is 2. The number of hydrogen-bond donors (Lipinski definition) is 2. The average molecular weight is 392 g/mol. The van der Waals surface area contributed by atoms with Crippen LogP contribution in [0.1, 0.15) is 16.8 Å². The average Bonchev–Trinajstić information content (AvgIpc) is 2.97. The van der Waals surface area contributed by atoms with Crippen molar-refractivity contribution in [1.82, 2.24) is 0 Å². The molecule has 0 aromatic heterocycles. The minimum atomic E-state index is -0.648. The zero-order valence-corrected chi connectivity index (χ0v) is 15.1. The van der Waals surface area contributed by atoms with E-state index in [9.17, 15) is 14.4 Å². The Hall–Kier alpha value is -2.57. The molecular formula is C18H15Cl2N3O3. The number of amides is 3. The predicted molar refractivity (Wildman–Crippen MR) is 101 cm³/mol. The lowest BCUT2D eigenvalue weighted by Crippen LogP contribution is -2.28. The number of carbonyl (C=O) groups is 3. The first-order valence-corrected chi connectivity index (χ1v) is 8.57. The second-order valence-electron chi connectivity index (χ2n) is 5.90. The molecule has 26 heavy (non-hydrogen) atoms. The summed E-state index contributed by atoms with van der Waals surface area (Å²) in [7, 11) is 0. The number of carbonyl (C=O) groups excluding carboxylic acids is 3. The van der Waals surface area contributed by atoms with Crippen molar-refractivity contribution in [2.45, 2.75) is 6.42 Å². The SMILES string of the molecule is NC(=O)c1ccc(NC(=O)C2CC(=O)N(c3ccccc3Cl)C2)cc1Cl. The maximum Gasteiger partial charge on any atom is 0.250 e. The molecule has 3 N–H and O–H groups in total. The van der Waals surface area contributed by atoms with E-state index in [4.69, 9.17) is 28.9 Å². The molecule has 0 radical (unpaired) electrons. The highest BCUT2D eigenvalue weighted by atomic mass is 35.5. The van der Waals surface area contributed by atoms with Crippen molar-refractivity contribution in [3.05, 3.63) is 58.1 Å². The van der Waals surface area contributed by atoms with Gasteiger partial charge in [-0.1, -0.05) is 35.3 Å². The fourth-order valence-corrected chi connectivity index (χ4v) is 3.34. The van der Waals surface area contributed by atoms with E-state index in [0.29, 0.717) is 16.4 Å². The van der Waals surface area contributed by atoms with E-state index in [0.717, 1.165) is 0 Å².